The van der Waals surface area contributed by atoms with E-state index in [1.165, 1.54) is 32.3 Å². The molecule has 0 radical (unpaired) electrons. The Hall–Kier alpha value is -3.91. The van der Waals surface area contributed by atoms with E-state index in [2.05, 4.69) is 72.9 Å². The number of Topliss-reactive ketones (excluding diaryl/α,β-unsaturated/α-hetero) is 1. The van der Waals surface area contributed by atoms with Crippen LogP contribution in [0.2, 0.25) is 0 Å². The van der Waals surface area contributed by atoms with Crippen LogP contribution in [0.25, 0.3) is 11.6 Å². The Morgan fingerprint density at radius 3 is 2.40 bits per heavy atom. The summed E-state index contributed by atoms with van der Waals surface area (Å²) in [6, 6.07) is 27.4. The van der Waals surface area contributed by atoms with Gasteiger partial charge in [-0.3, -0.25) is 4.79 Å². The number of ketones is 1. The number of hydrogen-bond acceptors (Lipinski definition) is 2. The minimum Gasteiger partial charge on any atom is -0.355 e. The van der Waals surface area contributed by atoms with Gasteiger partial charge in [-0.2, -0.15) is 0 Å². The Balaban J connectivity index is 1.42. The molecule has 6 rings (SSSR count). The summed E-state index contributed by atoms with van der Waals surface area (Å²) in [5, 5.41) is 8.61. The van der Waals surface area contributed by atoms with E-state index < -0.39 is 0 Å². The van der Waals surface area contributed by atoms with Gasteiger partial charge < -0.3 is 5.32 Å². The first kappa shape index (κ1) is 21.6. The second-order valence-electron chi connectivity index (χ2n) is 9.74. The van der Waals surface area contributed by atoms with Crippen molar-refractivity contribution in [2.24, 2.45) is 0 Å². The maximum absolute atomic E-state index is 13.8. The fourth-order valence-corrected chi connectivity index (χ4v) is 5.72. The summed E-state index contributed by atoms with van der Waals surface area (Å²) in [6.07, 6.45) is 6.18. The predicted octanol–water partition coefficient (Wildman–Crippen LogP) is 6.04. The van der Waals surface area contributed by atoms with Gasteiger partial charge in [0.2, 0.25) is 0 Å². The second-order valence-corrected chi connectivity index (χ2v) is 9.74. The Morgan fingerprint density at radius 2 is 1.54 bits per heavy atom. The number of fused-ring (bicyclic) bond motifs is 4. The Bertz CT molecular complexity index is 1710. The zero-order valence-electron chi connectivity index (χ0n) is 20.3. The molecule has 2 aliphatic carbocycles. The number of carbonyl (C=O) groups excluding carboxylic acids is 1. The smallest absolute Gasteiger partial charge is 0.189 e. The Kier molecular flexibility index (Phi) is 5.37. The predicted molar refractivity (Wildman–Crippen MR) is 144 cm³/mol. The summed E-state index contributed by atoms with van der Waals surface area (Å²) in [5.41, 5.74) is 8.85. The van der Waals surface area contributed by atoms with E-state index >= 15 is 0 Å². The Labute approximate surface area is 206 Å². The number of rotatable bonds is 4. The molecule has 4 aromatic carbocycles. The van der Waals surface area contributed by atoms with E-state index in [4.69, 9.17) is 0 Å². The average molecular weight is 456 g/mol. The van der Waals surface area contributed by atoms with Crippen LogP contribution in [0.4, 0.5) is 11.4 Å². The second kappa shape index (κ2) is 8.70. The first-order chi connectivity index (χ1) is 17.1. The molecule has 0 amide bonds. The molecule has 0 unspecified atom stereocenters. The van der Waals surface area contributed by atoms with Crippen molar-refractivity contribution in [1.82, 2.24) is 0 Å². The first-order valence-corrected chi connectivity index (χ1v) is 12.5. The van der Waals surface area contributed by atoms with Gasteiger partial charge in [0.05, 0.1) is 0 Å². The van der Waals surface area contributed by atoms with Crippen molar-refractivity contribution < 1.29 is 4.79 Å². The lowest BCUT2D eigenvalue weighted by atomic mass is 9.83. The molecular weight excluding hydrogens is 426 g/mol. The van der Waals surface area contributed by atoms with Gasteiger partial charge in [0, 0.05) is 22.5 Å². The highest BCUT2D eigenvalue weighted by molar-refractivity contribution is 6.25. The molecule has 0 bridgehead atoms. The number of anilines is 2. The topological polar surface area (TPSA) is 29.1 Å². The van der Waals surface area contributed by atoms with E-state index in [-0.39, 0.29) is 5.78 Å². The van der Waals surface area contributed by atoms with Gasteiger partial charge in [-0.15, -0.1) is 0 Å². The molecule has 2 heteroatoms. The summed E-state index contributed by atoms with van der Waals surface area (Å²) in [4.78, 5) is 13.8. The number of aryl methyl sites for hydroxylation is 2. The van der Waals surface area contributed by atoms with Crippen LogP contribution in [0.1, 0.15) is 45.5 Å². The number of hydrogen-bond donors (Lipinski definition) is 1. The lowest BCUT2D eigenvalue weighted by Gasteiger charge is -2.20. The van der Waals surface area contributed by atoms with E-state index in [9.17, 15) is 4.79 Å². The van der Waals surface area contributed by atoms with Crippen molar-refractivity contribution in [3.63, 3.8) is 0 Å². The van der Waals surface area contributed by atoms with Gasteiger partial charge in [0.25, 0.3) is 0 Å². The van der Waals surface area contributed by atoms with Gasteiger partial charge in [0.1, 0.15) is 0 Å². The van der Waals surface area contributed by atoms with Crippen LogP contribution in [0.15, 0.2) is 78.9 Å². The van der Waals surface area contributed by atoms with E-state index in [1.807, 2.05) is 31.2 Å². The molecule has 0 saturated heterocycles. The molecular formula is C33H29NO. The lowest BCUT2D eigenvalue weighted by molar-refractivity contribution is 0.105. The average Bonchev–Trinajstić information content (AvgIpc) is 2.89. The number of para-hydroxylation sites is 1. The van der Waals surface area contributed by atoms with Crippen LogP contribution in [-0.4, -0.2) is 5.78 Å². The molecule has 4 aromatic rings. The quantitative estimate of drug-likeness (QED) is 0.380. The van der Waals surface area contributed by atoms with Crippen molar-refractivity contribution in [2.75, 3.05) is 5.32 Å². The third-order valence-electron chi connectivity index (χ3n) is 7.56. The molecule has 35 heavy (non-hydrogen) atoms. The number of benzene rings is 4. The van der Waals surface area contributed by atoms with Crippen LogP contribution in [0.5, 0.6) is 0 Å². The maximum atomic E-state index is 13.8. The maximum Gasteiger partial charge on any atom is 0.189 e. The summed E-state index contributed by atoms with van der Waals surface area (Å²) in [7, 11) is 0. The molecule has 1 N–H and O–H groups in total. The number of nitrogens with one attached hydrogen (secondary N) is 1. The molecule has 0 aliphatic heterocycles. The van der Waals surface area contributed by atoms with Crippen LogP contribution in [0, 0.1) is 24.3 Å². The highest BCUT2D eigenvalue weighted by Crippen LogP contribution is 2.27. The van der Waals surface area contributed by atoms with Gasteiger partial charge in [-0.05, 0) is 107 Å². The molecule has 0 aromatic heterocycles. The third-order valence-corrected chi connectivity index (χ3v) is 7.56. The first-order valence-electron chi connectivity index (χ1n) is 12.5. The minimum absolute atomic E-state index is 0.172. The molecule has 0 atom stereocenters. The van der Waals surface area contributed by atoms with Crippen LogP contribution >= 0.6 is 0 Å². The Morgan fingerprint density at radius 1 is 0.743 bits per heavy atom. The molecule has 2 nitrogen and oxygen atoms in total. The van der Waals surface area contributed by atoms with Crippen molar-refractivity contribution in [3.05, 3.63) is 128 Å². The van der Waals surface area contributed by atoms with Crippen LogP contribution in [-0.2, 0) is 12.8 Å². The highest BCUT2D eigenvalue weighted by Gasteiger charge is 2.22. The van der Waals surface area contributed by atoms with Gasteiger partial charge in [-0.1, -0.05) is 60.7 Å². The van der Waals surface area contributed by atoms with Crippen molar-refractivity contribution >= 4 is 28.8 Å². The summed E-state index contributed by atoms with van der Waals surface area (Å²) >= 11 is 0. The SMILES string of the molecule is Cc1ccccc1Nc1ccc(C(=O)C2=c3ccc4c(c3CCC2)CC=c2ccccc2=4)c(C)c1. The third kappa shape index (κ3) is 3.80. The highest BCUT2D eigenvalue weighted by atomic mass is 16.1. The van der Waals surface area contributed by atoms with Crippen LogP contribution < -0.4 is 15.8 Å². The molecule has 0 heterocycles. The summed E-state index contributed by atoms with van der Waals surface area (Å²) < 4.78 is 0. The monoisotopic (exact) mass is 455 g/mol. The van der Waals surface area contributed by atoms with Crippen LogP contribution in [0.3, 0.4) is 0 Å². The van der Waals surface area contributed by atoms with Crippen molar-refractivity contribution in [3.8, 4) is 0 Å². The summed E-state index contributed by atoms with van der Waals surface area (Å²) in [5.74, 6) is 0.172. The molecule has 172 valence electrons. The zero-order valence-corrected chi connectivity index (χ0v) is 20.3. The fourth-order valence-electron chi connectivity index (χ4n) is 5.72. The standard InChI is InChI=1S/C33H29NO/c1-21-8-3-6-13-32(21)34-24-15-17-25(22(2)20-24)33(35)31-12-7-11-27-29-16-14-23-9-4-5-10-26(23)28(29)18-19-30(27)31/h3-6,8-10,13-15,17-20,34H,7,11-12,16H2,1-2H3. The van der Waals surface area contributed by atoms with Gasteiger partial charge >= 0.3 is 0 Å². The minimum atomic E-state index is 0.172. The summed E-state index contributed by atoms with van der Waals surface area (Å²) in [6.45, 7) is 4.14. The van der Waals surface area contributed by atoms with E-state index in [0.29, 0.717) is 0 Å². The molecule has 0 fully saturated rings. The molecule has 0 saturated carbocycles. The van der Waals surface area contributed by atoms with Crippen molar-refractivity contribution in [2.45, 2.75) is 39.5 Å². The molecule has 2 aliphatic rings. The van der Waals surface area contributed by atoms with Gasteiger partial charge in [0.15, 0.2) is 5.78 Å². The lowest BCUT2D eigenvalue weighted by Crippen LogP contribution is -2.26. The normalized spacial score (nSPS) is 13.8. The van der Waals surface area contributed by atoms with E-state index in [0.717, 1.165) is 59.0 Å². The number of carbonyl (C=O) groups is 1. The van der Waals surface area contributed by atoms with E-state index in [1.54, 1.807) is 0 Å². The zero-order chi connectivity index (χ0) is 23.9. The van der Waals surface area contributed by atoms with Crippen molar-refractivity contribution in [1.29, 1.82) is 0 Å². The largest absolute Gasteiger partial charge is 0.355 e. The molecule has 0 spiro atoms. The fraction of sp³-hybridized carbons (Fsp3) is 0.182. The van der Waals surface area contributed by atoms with Gasteiger partial charge in [-0.25, -0.2) is 0 Å².